The number of nitro benzene ring substituents is 2. The first-order chi connectivity index (χ1) is 13.0. The van der Waals surface area contributed by atoms with Crippen molar-refractivity contribution in [3.63, 3.8) is 0 Å². The Morgan fingerprint density at radius 1 is 0.964 bits per heavy atom. The van der Waals surface area contributed by atoms with E-state index in [9.17, 15) is 42.6 Å². The molecule has 0 aliphatic rings. The fourth-order valence-electron chi connectivity index (χ4n) is 2.01. The molecule has 0 aliphatic carbocycles. The topological polar surface area (TPSA) is 139 Å². The summed E-state index contributed by atoms with van der Waals surface area (Å²) in [5, 5.41) is 24.3. The molecule has 0 heterocycles. The van der Waals surface area contributed by atoms with Crippen molar-refractivity contribution in [3.8, 4) is 0 Å². The maximum absolute atomic E-state index is 12.8. The van der Waals surface area contributed by atoms with Gasteiger partial charge in [-0.3, -0.25) is 31.1 Å². The SMILES string of the molecule is O=C(NNc1c([N+](=O)[O-])cc(C(F)(F)F)cc1[N+](=O)[O-])Nc1ccc(F)cc1. The van der Waals surface area contributed by atoms with Gasteiger partial charge in [-0.25, -0.2) is 9.18 Å². The van der Waals surface area contributed by atoms with Gasteiger partial charge in [-0.05, 0) is 24.3 Å². The molecule has 0 saturated carbocycles. The van der Waals surface area contributed by atoms with Crippen LogP contribution in [0.5, 0.6) is 0 Å². The molecule has 0 atom stereocenters. The van der Waals surface area contributed by atoms with E-state index in [0.717, 1.165) is 12.1 Å². The number of amides is 2. The molecule has 0 aliphatic heterocycles. The molecule has 0 aromatic heterocycles. The maximum atomic E-state index is 12.8. The molecule has 0 saturated heterocycles. The first kappa shape index (κ1) is 20.3. The first-order valence-electron chi connectivity index (χ1n) is 7.11. The summed E-state index contributed by atoms with van der Waals surface area (Å²) in [4.78, 5) is 31.3. The van der Waals surface area contributed by atoms with Gasteiger partial charge in [-0.15, -0.1) is 0 Å². The normalized spacial score (nSPS) is 10.9. The molecule has 0 unspecified atom stereocenters. The number of benzene rings is 2. The third-order valence-corrected chi connectivity index (χ3v) is 3.22. The third-order valence-electron chi connectivity index (χ3n) is 3.22. The zero-order chi connectivity index (χ0) is 21.1. The Morgan fingerprint density at radius 2 is 1.46 bits per heavy atom. The minimum atomic E-state index is -5.07. The fraction of sp³-hybridized carbons (Fsp3) is 0.0714. The molecular weight excluding hydrogens is 394 g/mol. The highest BCUT2D eigenvalue weighted by Gasteiger charge is 2.37. The molecule has 2 aromatic carbocycles. The number of hydrazine groups is 1. The molecule has 2 amide bonds. The second kappa shape index (κ2) is 7.73. The van der Waals surface area contributed by atoms with Crippen LogP contribution >= 0.6 is 0 Å². The minimum Gasteiger partial charge on any atom is -0.307 e. The van der Waals surface area contributed by atoms with E-state index in [1.807, 2.05) is 10.9 Å². The zero-order valence-electron chi connectivity index (χ0n) is 13.4. The number of anilines is 2. The number of nitrogens with one attached hydrogen (secondary N) is 3. The molecule has 0 spiro atoms. The number of nitro groups is 2. The molecule has 28 heavy (non-hydrogen) atoms. The second-order valence-corrected chi connectivity index (χ2v) is 5.11. The molecule has 0 bridgehead atoms. The number of halogens is 4. The van der Waals surface area contributed by atoms with Crippen LogP contribution in [0.1, 0.15) is 5.56 Å². The average Bonchev–Trinajstić information content (AvgIpc) is 2.60. The van der Waals surface area contributed by atoms with Gasteiger partial charge < -0.3 is 5.32 Å². The van der Waals surface area contributed by atoms with Crippen LogP contribution < -0.4 is 16.2 Å². The van der Waals surface area contributed by atoms with Crippen molar-refractivity contribution in [1.29, 1.82) is 0 Å². The molecule has 0 fully saturated rings. The largest absolute Gasteiger partial charge is 0.416 e. The Morgan fingerprint density at radius 3 is 1.89 bits per heavy atom. The number of alkyl halides is 3. The highest BCUT2D eigenvalue weighted by atomic mass is 19.4. The number of hydrogen-bond acceptors (Lipinski definition) is 6. The van der Waals surface area contributed by atoms with E-state index in [1.54, 1.807) is 0 Å². The third kappa shape index (κ3) is 4.80. The van der Waals surface area contributed by atoms with Crippen LogP contribution in [-0.2, 0) is 6.18 Å². The summed E-state index contributed by atoms with van der Waals surface area (Å²) >= 11 is 0. The predicted octanol–water partition coefficient (Wildman–Crippen LogP) is 3.81. The number of hydrogen-bond donors (Lipinski definition) is 3. The van der Waals surface area contributed by atoms with E-state index in [0.29, 0.717) is 0 Å². The Kier molecular flexibility index (Phi) is 5.61. The Hall–Kier alpha value is -3.97. The highest BCUT2D eigenvalue weighted by Crippen LogP contribution is 2.40. The Balaban J connectivity index is 2.30. The summed E-state index contributed by atoms with van der Waals surface area (Å²) in [7, 11) is 0. The highest BCUT2D eigenvalue weighted by molar-refractivity contribution is 5.90. The van der Waals surface area contributed by atoms with Crippen molar-refractivity contribution in [2.75, 3.05) is 10.7 Å². The van der Waals surface area contributed by atoms with E-state index < -0.39 is 50.5 Å². The number of carbonyl (C=O) groups is 1. The minimum absolute atomic E-state index is 0.0922. The molecule has 3 N–H and O–H groups in total. The van der Waals surface area contributed by atoms with Crippen LogP contribution in [0, 0.1) is 26.0 Å². The summed E-state index contributed by atoms with van der Waals surface area (Å²) < 4.78 is 51.3. The van der Waals surface area contributed by atoms with Gasteiger partial charge in [0.2, 0.25) is 5.69 Å². The predicted molar refractivity (Wildman–Crippen MR) is 86.9 cm³/mol. The van der Waals surface area contributed by atoms with Gasteiger partial charge in [-0.2, -0.15) is 13.2 Å². The van der Waals surface area contributed by atoms with Crippen LogP contribution in [-0.4, -0.2) is 15.9 Å². The fourth-order valence-corrected chi connectivity index (χ4v) is 2.01. The van der Waals surface area contributed by atoms with Crippen molar-refractivity contribution >= 4 is 28.8 Å². The second-order valence-electron chi connectivity index (χ2n) is 5.11. The summed E-state index contributed by atoms with van der Waals surface area (Å²) in [6, 6.07) is 3.51. The zero-order valence-corrected chi connectivity index (χ0v) is 13.4. The molecular formula is C14H9F4N5O5. The van der Waals surface area contributed by atoms with E-state index >= 15 is 0 Å². The van der Waals surface area contributed by atoms with Crippen molar-refractivity contribution in [2.24, 2.45) is 0 Å². The molecule has 2 rings (SSSR count). The van der Waals surface area contributed by atoms with Gasteiger partial charge >= 0.3 is 23.6 Å². The monoisotopic (exact) mass is 403 g/mol. The molecule has 148 valence electrons. The average molecular weight is 403 g/mol. The van der Waals surface area contributed by atoms with Gasteiger partial charge in [0.25, 0.3) is 0 Å². The van der Waals surface area contributed by atoms with Gasteiger partial charge in [0.05, 0.1) is 15.4 Å². The lowest BCUT2D eigenvalue weighted by Gasteiger charge is -2.12. The van der Waals surface area contributed by atoms with Crippen LogP contribution in [0.2, 0.25) is 0 Å². The number of rotatable bonds is 5. The lowest BCUT2D eigenvalue weighted by Crippen LogP contribution is -2.34. The molecule has 2 aromatic rings. The Labute approximate surface area is 152 Å². The van der Waals surface area contributed by atoms with Crippen LogP contribution in [0.15, 0.2) is 36.4 Å². The van der Waals surface area contributed by atoms with Crippen molar-refractivity contribution < 1.29 is 32.2 Å². The van der Waals surface area contributed by atoms with Gasteiger partial charge in [-0.1, -0.05) is 0 Å². The van der Waals surface area contributed by atoms with Crippen molar-refractivity contribution in [3.05, 3.63) is 68.0 Å². The van der Waals surface area contributed by atoms with E-state index in [1.165, 1.54) is 12.1 Å². The standard InChI is InChI=1S/C14H9F4N5O5/c15-8-1-3-9(4-2-8)19-13(24)21-20-12-10(22(25)26)5-7(14(16,17)18)6-11(12)23(27)28/h1-6,20H,(H2,19,21,24). The summed E-state index contributed by atoms with van der Waals surface area (Å²) in [6.07, 6.45) is -5.07. The number of carbonyl (C=O) groups excluding carboxylic acids is 1. The quantitative estimate of drug-likeness (QED) is 0.394. The molecule has 14 heteroatoms. The first-order valence-corrected chi connectivity index (χ1v) is 7.11. The van der Waals surface area contributed by atoms with Crippen molar-refractivity contribution in [2.45, 2.75) is 6.18 Å². The van der Waals surface area contributed by atoms with E-state index in [-0.39, 0.29) is 17.8 Å². The summed E-state index contributed by atoms with van der Waals surface area (Å²) in [5.41, 5.74) is -1.31. The van der Waals surface area contributed by atoms with Crippen LogP contribution in [0.4, 0.5) is 45.1 Å². The van der Waals surface area contributed by atoms with Gasteiger partial charge in [0, 0.05) is 17.8 Å². The number of urea groups is 1. The molecule has 0 radical (unpaired) electrons. The number of nitrogens with zero attached hydrogens (tertiary/aromatic N) is 2. The smallest absolute Gasteiger partial charge is 0.307 e. The maximum Gasteiger partial charge on any atom is 0.416 e. The van der Waals surface area contributed by atoms with Crippen LogP contribution in [0.25, 0.3) is 0 Å². The van der Waals surface area contributed by atoms with E-state index in [4.69, 9.17) is 0 Å². The van der Waals surface area contributed by atoms with Crippen molar-refractivity contribution in [1.82, 2.24) is 5.43 Å². The lowest BCUT2D eigenvalue weighted by molar-refractivity contribution is -0.392. The summed E-state index contributed by atoms with van der Waals surface area (Å²) in [6.45, 7) is 0. The van der Waals surface area contributed by atoms with Crippen LogP contribution in [0.3, 0.4) is 0 Å². The molecule has 10 nitrogen and oxygen atoms in total. The Bertz CT molecular complexity index is 898. The summed E-state index contributed by atoms with van der Waals surface area (Å²) in [5.74, 6) is -0.583. The van der Waals surface area contributed by atoms with Gasteiger partial charge in [0.1, 0.15) is 5.82 Å². The van der Waals surface area contributed by atoms with Gasteiger partial charge in [0.15, 0.2) is 0 Å². The van der Waals surface area contributed by atoms with E-state index in [2.05, 4.69) is 5.32 Å². The lowest BCUT2D eigenvalue weighted by atomic mass is 10.1.